The van der Waals surface area contributed by atoms with Gasteiger partial charge < -0.3 is 24.1 Å². The lowest BCUT2D eigenvalue weighted by Gasteiger charge is -2.08. The number of aromatic nitrogens is 5. The van der Waals surface area contributed by atoms with Crippen LogP contribution in [0.3, 0.4) is 0 Å². The van der Waals surface area contributed by atoms with Gasteiger partial charge in [0.1, 0.15) is 19.0 Å². The van der Waals surface area contributed by atoms with E-state index in [9.17, 15) is 4.79 Å². The van der Waals surface area contributed by atoms with Gasteiger partial charge in [-0.25, -0.2) is 0 Å². The molecule has 33 heavy (non-hydrogen) atoms. The van der Waals surface area contributed by atoms with Crippen molar-refractivity contribution in [2.24, 2.45) is 0 Å². The third-order valence-electron chi connectivity index (χ3n) is 4.73. The molecule has 172 valence electrons. The van der Waals surface area contributed by atoms with Crippen LogP contribution in [-0.4, -0.2) is 58.0 Å². The molecular weight excluding hydrogens is 428 g/mol. The Morgan fingerprint density at radius 1 is 1.12 bits per heavy atom. The van der Waals surface area contributed by atoms with E-state index in [0.717, 1.165) is 6.42 Å². The number of nitrogens with one attached hydrogen (secondary N) is 1. The van der Waals surface area contributed by atoms with E-state index in [1.807, 2.05) is 0 Å². The Balaban J connectivity index is 1.39. The highest BCUT2D eigenvalue weighted by Gasteiger charge is 2.14. The lowest BCUT2D eigenvalue weighted by molar-refractivity contribution is 0.0948. The summed E-state index contributed by atoms with van der Waals surface area (Å²) in [5.41, 5.74) is 2.37. The SMILES string of the molecule is COCCCNC(=O)c1ccc(COc2ccc3nnc(-c4cc(COC)on4)n3c2)nc1. The minimum Gasteiger partial charge on any atom is -0.486 e. The van der Waals surface area contributed by atoms with Crippen molar-refractivity contribution >= 4 is 11.6 Å². The highest BCUT2D eigenvalue weighted by molar-refractivity contribution is 5.93. The van der Waals surface area contributed by atoms with E-state index in [1.54, 1.807) is 55.1 Å². The number of nitrogens with zero attached hydrogens (tertiary/aromatic N) is 5. The van der Waals surface area contributed by atoms with E-state index in [2.05, 4.69) is 25.7 Å². The topological polar surface area (TPSA) is 126 Å². The molecule has 11 heteroatoms. The van der Waals surface area contributed by atoms with Crippen LogP contribution in [0.1, 0.15) is 28.2 Å². The molecule has 1 amide bonds. The van der Waals surface area contributed by atoms with E-state index in [1.165, 1.54) is 6.20 Å². The number of hydrogen-bond donors (Lipinski definition) is 1. The average molecular weight is 452 g/mol. The first-order valence-electron chi connectivity index (χ1n) is 10.3. The average Bonchev–Trinajstić information content (AvgIpc) is 3.47. The molecule has 0 bridgehead atoms. The minimum atomic E-state index is -0.168. The van der Waals surface area contributed by atoms with Crippen LogP contribution in [0.5, 0.6) is 5.75 Å². The van der Waals surface area contributed by atoms with Crippen molar-refractivity contribution in [3.05, 3.63) is 59.7 Å². The zero-order valence-electron chi connectivity index (χ0n) is 18.4. The highest BCUT2D eigenvalue weighted by Crippen LogP contribution is 2.22. The molecule has 0 saturated heterocycles. The molecule has 0 spiro atoms. The number of methoxy groups -OCH3 is 2. The van der Waals surface area contributed by atoms with Gasteiger partial charge in [-0.2, -0.15) is 0 Å². The van der Waals surface area contributed by atoms with E-state index in [4.69, 9.17) is 18.7 Å². The Morgan fingerprint density at radius 2 is 2.03 bits per heavy atom. The van der Waals surface area contributed by atoms with Gasteiger partial charge >= 0.3 is 0 Å². The van der Waals surface area contributed by atoms with E-state index < -0.39 is 0 Å². The maximum atomic E-state index is 12.1. The van der Waals surface area contributed by atoms with Gasteiger partial charge in [-0.05, 0) is 30.7 Å². The van der Waals surface area contributed by atoms with Crippen molar-refractivity contribution in [3.8, 4) is 17.3 Å². The fraction of sp³-hybridized carbons (Fsp3) is 0.318. The molecule has 0 saturated carbocycles. The summed E-state index contributed by atoms with van der Waals surface area (Å²) in [6.07, 6.45) is 4.07. The molecule has 0 aliphatic rings. The zero-order chi connectivity index (χ0) is 23.0. The normalized spacial score (nSPS) is 11.1. The summed E-state index contributed by atoms with van der Waals surface area (Å²) in [6.45, 7) is 1.71. The number of carbonyl (C=O) groups is 1. The molecular formula is C22H24N6O5. The Bertz CT molecular complexity index is 1200. The fourth-order valence-corrected chi connectivity index (χ4v) is 3.08. The van der Waals surface area contributed by atoms with Crippen molar-refractivity contribution in [1.82, 2.24) is 30.1 Å². The third kappa shape index (κ3) is 5.51. The van der Waals surface area contributed by atoms with Gasteiger partial charge in [0.15, 0.2) is 22.9 Å². The molecule has 1 N–H and O–H groups in total. The zero-order valence-corrected chi connectivity index (χ0v) is 18.4. The molecule has 4 aromatic heterocycles. The molecule has 0 aromatic carbocycles. The molecule has 4 rings (SSSR count). The monoisotopic (exact) mass is 452 g/mol. The Labute approximate surface area is 189 Å². The van der Waals surface area contributed by atoms with Crippen LogP contribution in [-0.2, 0) is 22.7 Å². The summed E-state index contributed by atoms with van der Waals surface area (Å²) >= 11 is 0. The van der Waals surface area contributed by atoms with Crippen molar-refractivity contribution in [2.45, 2.75) is 19.6 Å². The first-order valence-corrected chi connectivity index (χ1v) is 10.3. The van der Waals surface area contributed by atoms with E-state index in [-0.39, 0.29) is 12.5 Å². The maximum absolute atomic E-state index is 12.1. The van der Waals surface area contributed by atoms with Gasteiger partial charge in [-0.3, -0.25) is 14.2 Å². The summed E-state index contributed by atoms with van der Waals surface area (Å²) in [4.78, 5) is 16.4. The van der Waals surface area contributed by atoms with Gasteiger partial charge in [0.25, 0.3) is 5.91 Å². The standard InChI is InChI=1S/C22H24N6O5/c1-30-9-3-8-23-22(29)15-4-5-16(24-11-15)13-32-17-6-7-20-25-26-21(28(20)12-17)19-10-18(14-31-2)33-27-19/h4-7,10-12H,3,8-9,13-14H2,1-2H3,(H,23,29). The number of fused-ring (bicyclic) bond motifs is 1. The summed E-state index contributed by atoms with van der Waals surface area (Å²) < 4.78 is 22.9. The minimum absolute atomic E-state index is 0.168. The van der Waals surface area contributed by atoms with Crippen molar-refractivity contribution in [3.63, 3.8) is 0 Å². The van der Waals surface area contributed by atoms with E-state index >= 15 is 0 Å². The predicted octanol–water partition coefficient (Wildman–Crippen LogP) is 2.27. The van der Waals surface area contributed by atoms with Crippen LogP contribution in [0.4, 0.5) is 0 Å². The maximum Gasteiger partial charge on any atom is 0.252 e. The Hall–Kier alpha value is -3.83. The van der Waals surface area contributed by atoms with Crippen LogP contribution in [0.15, 0.2) is 47.2 Å². The van der Waals surface area contributed by atoms with Crippen LogP contribution >= 0.6 is 0 Å². The van der Waals surface area contributed by atoms with Gasteiger partial charge in [-0.1, -0.05) is 5.16 Å². The molecule has 0 fully saturated rings. The molecule has 0 unspecified atom stereocenters. The Morgan fingerprint density at radius 3 is 2.82 bits per heavy atom. The first kappa shape index (κ1) is 22.4. The molecule has 4 heterocycles. The van der Waals surface area contributed by atoms with Gasteiger partial charge in [0.05, 0.1) is 17.5 Å². The fourth-order valence-electron chi connectivity index (χ4n) is 3.08. The number of rotatable bonds is 11. The molecule has 4 aromatic rings. The summed E-state index contributed by atoms with van der Waals surface area (Å²) in [5, 5.41) is 15.2. The predicted molar refractivity (Wildman–Crippen MR) is 117 cm³/mol. The van der Waals surface area contributed by atoms with Crippen LogP contribution in [0.2, 0.25) is 0 Å². The number of ether oxygens (including phenoxy) is 3. The molecule has 0 atom stereocenters. The largest absolute Gasteiger partial charge is 0.486 e. The third-order valence-corrected chi connectivity index (χ3v) is 4.73. The van der Waals surface area contributed by atoms with Crippen LogP contribution < -0.4 is 10.1 Å². The first-order chi connectivity index (χ1) is 16.2. The number of pyridine rings is 2. The second kappa shape index (κ2) is 10.7. The van der Waals surface area contributed by atoms with Crippen molar-refractivity contribution in [1.29, 1.82) is 0 Å². The molecule has 0 aliphatic heterocycles. The molecule has 11 nitrogen and oxygen atoms in total. The quantitative estimate of drug-likeness (QED) is 0.341. The van der Waals surface area contributed by atoms with Crippen LogP contribution in [0.25, 0.3) is 17.2 Å². The smallest absolute Gasteiger partial charge is 0.252 e. The van der Waals surface area contributed by atoms with Gasteiger partial charge in [0.2, 0.25) is 0 Å². The van der Waals surface area contributed by atoms with Gasteiger partial charge in [0, 0.05) is 39.6 Å². The van der Waals surface area contributed by atoms with Crippen molar-refractivity contribution in [2.75, 3.05) is 27.4 Å². The summed E-state index contributed by atoms with van der Waals surface area (Å²) in [5.74, 6) is 1.56. The summed E-state index contributed by atoms with van der Waals surface area (Å²) in [7, 11) is 3.21. The number of carbonyl (C=O) groups excluding carboxylic acids is 1. The van der Waals surface area contributed by atoms with E-state index in [0.29, 0.717) is 59.7 Å². The highest BCUT2D eigenvalue weighted by atomic mass is 16.5. The Kier molecular flexibility index (Phi) is 7.22. The molecule has 0 aliphatic carbocycles. The van der Waals surface area contributed by atoms with Gasteiger partial charge in [-0.15, -0.1) is 10.2 Å². The summed E-state index contributed by atoms with van der Waals surface area (Å²) in [6, 6.07) is 8.84. The van der Waals surface area contributed by atoms with Crippen molar-refractivity contribution < 1.29 is 23.5 Å². The second-order valence-electron chi connectivity index (χ2n) is 7.16. The van der Waals surface area contributed by atoms with Crippen LogP contribution in [0, 0.1) is 0 Å². The lowest BCUT2D eigenvalue weighted by Crippen LogP contribution is -2.25. The second-order valence-corrected chi connectivity index (χ2v) is 7.16. The number of hydrogen-bond acceptors (Lipinski definition) is 9. The lowest BCUT2D eigenvalue weighted by atomic mass is 10.2. The molecule has 0 radical (unpaired) electrons. The number of amides is 1.